The van der Waals surface area contributed by atoms with Crippen LogP contribution in [0.15, 0.2) is 12.4 Å². The standard InChI is InChI=1S/C16H25N3O2/c1-15(2)9-12(16(3,4)21-15)18-14(20)11-5-6-13-17-7-8-19(13)10-11/h7-8,11-12H,5-6,9-10H2,1-4H3,(H,18,20)/t11-,12+/m0/s1. The number of imidazole rings is 1. The van der Waals surface area contributed by atoms with E-state index in [-0.39, 0.29) is 29.1 Å². The van der Waals surface area contributed by atoms with Crippen molar-refractivity contribution in [3.05, 3.63) is 18.2 Å². The van der Waals surface area contributed by atoms with Gasteiger partial charge in [-0.1, -0.05) is 0 Å². The average Bonchev–Trinajstić information content (AvgIpc) is 2.90. The van der Waals surface area contributed by atoms with Crippen molar-refractivity contribution < 1.29 is 9.53 Å². The number of fused-ring (bicyclic) bond motifs is 1. The normalized spacial score (nSPS) is 29.9. The van der Waals surface area contributed by atoms with E-state index < -0.39 is 0 Å². The second kappa shape index (κ2) is 4.83. The van der Waals surface area contributed by atoms with E-state index in [0.29, 0.717) is 0 Å². The predicted molar refractivity (Wildman–Crippen MR) is 79.8 cm³/mol. The van der Waals surface area contributed by atoms with Crippen LogP contribution >= 0.6 is 0 Å². The van der Waals surface area contributed by atoms with Crippen LogP contribution in [-0.2, 0) is 22.5 Å². The molecule has 5 heteroatoms. The lowest BCUT2D eigenvalue weighted by Gasteiger charge is -2.30. The quantitative estimate of drug-likeness (QED) is 0.905. The zero-order chi connectivity index (χ0) is 15.3. The molecule has 116 valence electrons. The summed E-state index contributed by atoms with van der Waals surface area (Å²) in [6.45, 7) is 9.01. The third kappa shape index (κ3) is 2.84. The van der Waals surface area contributed by atoms with Crippen molar-refractivity contribution in [2.24, 2.45) is 5.92 Å². The molecule has 2 atom stereocenters. The van der Waals surface area contributed by atoms with Crippen LogP contribution < -0.4 is 5.32 Å². The summed E-state index contributed by atoms with van der Waals surface area (Å²) >= 11 is 0. The van der Waals surface area contributed by atoms with Crippen LogP contribution in [0.5, 0.6) is 0 Å². The molecule has 2 aliphatic heterocycles. The fourth-order valence-electron chi connectivity index (χ4n) is 3.66. The minimum Gasteiger partial charge on any atom is -0.367 e. The molecule has 1 aromatic heterocycles. The summed E-state index contributed by atoms with van der Waals surface area (Å²) in [6, 6.07) is 0.0733. The van der Waals surface area contributed by atoms with Gasteiger partial charge in [0.25, 0.3) is 0 Å². The zero-order valence-electron chi connectivity index (χ0n) is 13.3. The molecule has 3 heterocycles. The lowest BCUT2D eigenvalue weighted by atomic mass is 9.92. The smallest absolute Gasteiger partial charge is 0.225 e. The molecule has 0 spiro atoms. The Morgan fingerprint density at radius 3 is 2.86 bits per heavy atom. The van der Waals surface area contributed by atoms with Crippen LogP contribution in [0.2, 0.25) is 0 Å². The Kier molecular flexibility index (Phi) is 3.35. The van der Waals surface area contributed by atoms with Crippen LogP contribution in [0.4, 0.5) is 0 Å². The van der Waals surface area contributed by atoms with Crippen molar-refractivity contribution in [2.75, 3.05) is 0 Å². The molecule has 1 N–H and O–H groups in total. The maximum Gasteiger partial charge on any atom is 0.225 e. The van der Waals surface area contributed by atoms with E-state index in [1.807, 2.05) is 12.4 Å². The molecule has 0 saturated carbocycles. The van der Waals surface area contributed by atoms with E-state index in [4.69, 9.17) is 4.74 Å². The molecule has 0 aromatic carbocycles. The minimum absolute atomic E-state index is 0.0335. The summed E-state index contributed by atoms with van der Waals surface area (Å²) in [5.41, 5.74) is -0.487. The highest BCUT2D eigenvalue weighted by atomic mass is 16.5. The number of nitrogens with zero attached hydrogens (tertiary/aromatic N) is 2. The number of aromatic nitrogens is 2. The Balaban J connectivity index is 1.65. The third-order valence-electron chi connectivity index (χ3n) is 4.70. The summed E-state index contributed by atoms with van der Waals surface area (Å²) in [5, 5.41) is 3.22. The largest absolute Gasteiger partial charge is 0.367 e. The molecule has 1 aromatic rings. The van der Waals surface area contributed by atoms with Gasteiger partial charge < -0.3 is 14.6 Å². The molecule has 3 rings (SSSR count). The van der Waals surface area contributed by atoms with Gasteiger partial charge in [0.2, 0.25) is 5.91 Å². The number of nitrogens with one attached hydrogen (secondary N) is 1. The predicted octanol–water partition coefficient (Wildman–Crippen LogP) is 1.91. The molecule has 0 radical (unpaired) electrons. The van der Waals surface area contributed by atoms with Crippen LogP contribution in [0.1, 0.15) is 46.4 Å². The van der Waals surface area contributed by atoms with Gasteiger partial charge in [0.1, 0.15) is 5.82 Å². The molecule has 0 unspecified atom stereocenters. The van der Waals surface area contributed by atoms with Gasteiger partial charge in [-0.15, -0.1) is 0 Å². The Bertz CT molecular complexity index is 547. The van der Waals surface area contributed by atoms with Gasteiger partial charge in [-0.3, -0.25) is 4.79 Å². The maximum absolute atomic E-state index is 12.6. The van der Waals surface area contributed by atoms with Gasteiger partial charge >= 0.3 is 0 Å². The first-order valence-electron chi connectivity index (χ1n) is 7.77. The van der Waals surface area contributed by atoms with Crippen LogP contribution in [0, 0.1) is 5.92 Å². The Hall–Kier alpha value is -1.36. The molecule has 1 amide bonds. The first-order chi connectivity index (χ1) is 9.77. The molecular weight excluding hydrogens is 266 g/mol. The molecule has 5 nitrogen and oxygen atoms in total. The topological polar surface area (TPSA) is 56.2 Å². The number of aryl methyl sites for hydroxylation is 1. The lowest BCUT2D eigenvalue weighted by Crippen LogP contribution is -2.49. The van der Waals surface area contributed by atoms with E-state index >= 15 is 0 Å². The molecule has 2 aliphatic rings. The molecule has 0 aliphatic carbocycles. The Morgan fingerprint density at radius 2 is 2.19 bits per heavy atom. The van der Waals surface area contributed by atoms with Crippen LogP contribution in [0.3, 0.4) is 0 Å². The highest BCUT2D eigenvalue weighted by Gasteiger charge is 2.47. The number of hydrogen-bond donors (Lipinski definition) is 1. The second-order valence-electron chi connectivity index (χ2n) is 7.46. The summed E-state index contributed by atoms with van der Waals surface area (Å²) in [4.78, 5) is 16.9. The molecule has 1 saturated heterocycles. The van der Waals surface area contributed by atoms with E-state index in [2.05, 4.69) is 42.6 Å². The van der Waals surface area contributed by atoms with Crippen molar-refractivity contribution in [2.45, 2.75) is 70.7 Å². The van der Waals surface area contributed by atoms with E-state index in [0.717, 1.165) is 31.6 Å². The zero-order valence-corrected chi connectivity index (χ0v) is 13.3. The van der Waals surface area contributed by atoms with E-state index in [1.54, 1.807) is 0 Å². The van der Waals surface area contributed by atoms with Crippen molar-refractivity contribution in [3.8, 4) is 0 Å². The third-order valence-corrected chi connectivity index (χ3v) is 4.70. The Labute approximate surface area is 126 Å². The first-order valence-corrected chi connectivity index (χ1v) is 7.77. The first kappa shape index (κ1) is 14.6. The fourth-order valence-corrected chi connectivity index (χ4v) is 3.66. The summed E-state index contributed by atoms with van der Waals surface area (Å²) in [6.07, 6.45) is 6.38. The lowest BCUT2D eigenvalue weighted by molar-refractivity contribution is -0.128. The number of carbonyl (C=O) groups is 1. The number of rotatable bonds is 2. The van der Waals surface area contributed by atoms with Crippen LogP contribution in [0.25, 0.3) is 0 Å². The highest BCUT2D eigenvalue weighted by molar-refractivity contribution is 5.79. The van der Waals surface area contributed by atoms with Crippen molar-refractivity contribution in [1.29, 1.82) is 0 Å². The maximum atomic E-state index is 12.6. The SMILES string of the molecule is CC1(C)C[C@@H](NC(=O)[C@H]2CCc3nccn3C2)C(C)(C)O1. The summed E-state index contributed by atoms with van der Waals surface area (Å²) < 4.78 is 8.14. The molecule has 21 heavy (non-hydrogen) atoms. The van der Waals surface area contributed by atoms with Gasteiger partial charge in [-0.2, -0.15) is 0 Å². The average molecular weight is 291 g/mol. The summed E-state index contributed by atoms with van der Waals surface area (Å²) in [5.74, 6) is 1.27. The van der Waals surface area contributed by atoms with Crippen molar-refractivity contribution in [3.63, 3.8) is 0 Å². The van der Waals surface area contributed by atoms with E-state index in [1.165, 1.54) is 0 Å². The molecule has 0 bridgehead atoms. The number of carbonyl (C=O) groups excluding carboxylic acids is 1. The van der Waals surface area contributed by atoms with Gasteiger partial charge in [-0.05, 0) is 40.5 Å². The van der Waals surface area contributed by atoms with Gasteiger partial charge in [0.15, 0.2) is 0 Å². The van der Waals surface area contributed by atoms with Gasteiger partial charge in [0.05, 0.1) is 23.2 Å². The number of hydrogen-bond acceptors (Lipinski definition) is 3. The van der Waals surface area contributed by atoms with E-state index in [9.17, 15) is 4.79 Å². The van der Waals surface area contributed by atoms with Crippen molar-refractivity contribution >= 4 is 5.91 Å². The summed E-state index contributed by atoms with van der Waals surface area (Å²) in [7, 11) is 0. The van der Waals surface area contributed by atoms with Crippen molar-refractivity contribution in [1.82, 2.24) is 14.9 Å². The van der Waals surface area contributed by atoms with Gasteiger partial charge in [-0.25, -0.2) is 4.98 Å². The highest BCUT2D eigenvalue weighted by Crippen LogP contribution is 2.37. The monoisotopic (exact) mass is 291 g/mol. The molecular formula is C16H25N3O2. The molecule has 1 fully saturated rings. The van der Waals surface area contributed by atoms with Gasteiger partial charge in [0, 0.05) is 25.4 Å². The van der Waals surface area contributed by atoms with Crippen LogP contribution in [-0.4, -0.2) is 32.7 Å². The second-order valence-corrected chi connectivity index (χ2v) is 7.46. The number of ether oxygens (including phenoxy) is 1. The number of amides is 1. The minimum atomic E-state index is -0.312. The Morgan fingerprint density at radius 1 is 1.43 bits per heavy atom. The fraction of sp³-hybridized carbons (Fsp3) is 0.750.